The van der Waals surface area contributed by atoms with Crippen LogP contribution in [0.5, 0.6) is 0 Å². The minimum Gasteiger partial charge on any atom is -0.364 e. The molecule has 21 heavy (non-hydrogen) atoms. The maximum atomic E-state index is 13.4. The van der Waals surface area contributed by atoms with Gasteiger partial charge in [0.1, 0.15) is 5.69 Å². The summed E-state index contributed by atoms with van der Waals surface area (Å²) in [7, 11) is 0. The monoisotopic (exact) mass is 295 g/mol. The number of nitrogens with two attached hydrogens (primary N) is 1. The van der Waals surface area contributed by atoms with Crippen molar-refractivity contribution in [1.82, 2.24) is 4.98 Å². The van der Waals surface area contributed by atoms with Crippen molar-refractivity contribution in [3.63, 3.8) is 0 Å². The summed E-state index contributed by atoms with van der Waals surface area (Å²) in [5.41, 5.74) is 4.41. The van der Waals surface area contributed by atoms with Crippen molar-refractivity contribution in [1.29, 1.82) is 0 Å². The van der Waals surface area contributed by atoms with Crippen molar-refractivity contribution in [2.75, 3.05) is 5.32 Å². The summed E-state index contributed by atoms with van der Waals surface area (Å²) in [5.74, 6) is -6.13. The Bertz CT molecular complexity index is 717. The van der Waals surface area contributed by atoms with Crippen LogP contribution in [0.4, 0.5) is 18.9 Å². The number of nitrogens with one attached hydrogen (secondary N) is 1. The zero-order valence-electron chi connectivity index (χ0n) is 10.4. The van der Waals surface area contributed by atoms with E-state index in [-0.39, 0.29) is 11.3 Å². The number of aromatic nitrogens is 1. The zero-order valence-corrected chi connectivity index (χ0v) is 10.4. The third kappa shape index (κ3) is 2.99. The van der Waals surface area contributed by atoms with E-state index in [9.17, 15) is 22.8 Å². The highest BCUT2D eigenvalue weighted by atomic mass is 19.2. The van der Waals surface area contributed by atoms with Gasteiger partial charge in [-0.3, -0.25) is 14.6 Å². The zero-order chi connectivity index (χ0) is 15.6. The van der Waals surface area contributed by atoms with E-state index in [4.69, 9.17) is 5.73 Å². The van der Waals surface area contributed by atoms with Gasteiger partial charge in [0.2, 0.25) is 0 Å². The Kier molecular flexibility index (Phi) is 3.88. The molecule has 0 spiro atoms. The Hall–Kier alpha value is -2.90. The van der Waals surface area contributed by atoms with E-state index >= 15 is 0 Å². The fraction of sp³-hybridized carbons (Fsp3) is 0. The number of pyridine rings is 1. The lowest BCUT2D eigenvalue weighted by Crippen LogP contribution is -2.16. The highest BCUT2D eigenvalue weighted by molar-refractivity contribution is 6.04. The van der Waals surface area contributed by atoms with Gasteiger partial charge < -0.3 is 11.1 Å². The lowest BCUT2D eigenvalue weighted by molar-refractivity contribution is 0.0990. The molecule has 0 aliphatic carbocycles. The van der Waals surface area contributed by atoms with Crippen LogP contribution >= 0.6 is 0 Å². The third-order valence-corrected chi connectivity index (χ3v) is 2.56. The van der Waals surface area contributed by atoms with Gasteiger partial charge in [-0.2, -0.15) is 0 Å². The average Bonchev–Trinajstić information content (AvgIpc) is 2.48. The molecule has 5 nitrogen and oxygen atoms in total. The first-order valence-electron chi connectivity index (χ1n) is 5.61. The molecule has 0 aliphatic rings. The van der Waals surface area contributed by atoms with Crippen LogP contribution in [0.2, 0.25) is 0 Å². The fourth-order valence-corrected chi connectivity index (χ4v) is 1.49. The molecule has 0 bridgehead atoms. The smallest absolute Gasteiger partial charge is 0.267 e. The number of nitrogens with zero attached hydrogens (tertiary/aromatic N) is 1. The van der Waals surface area contributed by atoms with E-state index < -0.39 is 35.0 Å². The van der Waals surface area contributed by atoms with Gasteiger partial charge in [-0.05, 0) is 24.3 Å². The first kappa shape index (κ1) is 14.5. The molecule has 0 saturated heterocycles. The molecule has 1 heterocycles. The molecule has 0 unspecified atom stereocenters. The first-order valence-corrected chi connectivity index (χ1v) is 5.61. The lowest BCUT2D eigenvalue weighted by atomic mass is 10.2. The van der Waals surface area contributed by atoms with Crippen molar-refractivity contribution in [2.24, 2.45) is 5.73 Å². The number of carbonyl (C=O) groups excluding carboxylic acids is 2. The summed E-state index contributed by atoms with van der Waals surface area (Å²) in [6.07, 6.45) is 1.05. The Morgan fingerprint density at radius 3 is 2.33 bits per heavy atom. The molecule has 0 atom stereocenters. The van der Waals surface area contributed by atoms with Gasteiger partial charge >= 0.3 is 0 Å². The van der Waals surface area contributed by atoms with Crippen LogP contribution in [0.25, 0.3) is 0 Å². The minimum absolute atomic E-state index is 0.0101. The molecular formula is C13H8F3N3O2. The Balaban J connectivity index is 2.22. The van der Waals surface area contributed by atoms with Gasteiger partial charge in [-0.1, -0.05) is 0 Å². The lowest BCUT2D eigenvalue weighted by Gasteiger charge is -2.07. The third-order valence-electron chi connectivity index (χ3n) is 2.56. The maximum Gasteiger partial charge on any atom is 0.267 e. The fourth-order valence-electron chi connectivity index (χ4n) is 1.49. The predicted molar refractivity (Wildman–Crippen MR) is 67.0 cm³/mol. The van der Waals surface area contributed by atoms with Crippen molar-refractivity contribution >= 4 is 17.5 Å². The van der Waals surface area contributed by atoms with Gasteiger partial charge in [-0.15, -0.1) is 0 Å². The standard InChI is InChI=1S/C13H8F3N3O2/c14-7-2-4-8(11(16)10(7)15)19-13(21)6-1-3-9(12(17)20)18-5-6/h1-5H,(H2,17,20)(H,19,21). The molecule has 1 aromatic carbocycles. The number of hydrogen-bond acceptors (Lipinski definition) is 3. The van der Waals surface area contributed by atoms with Crippen molar-refractivity contribution in [3.8, 4) is 0 Å². The number of anilines is 1. The number of hydrogen-bond donors (Lipinski definition) is 2. The van der Waals surface area contributed by atoms with Crippen LogP contribution in [0, 0.1) is 17.5 Å². The topological polar surface area (TPSA) is 85.1 Å². The van der Waals surface area contributed by atoms with Gasteiger partial charge in [0.05, 0.1) is 11.3 Å². The van der Waals surface area contributed by atoms with E-state index in [2.05, 4.69) is 10.3 Å². The SMILES string of the molecule is NC(=O)c1ccc(C(=O)Nc2ccc(F)c(F)c2F)cn1. The number of amides is 2. The summed E-state index contributed by atoms with van der Waals surface area (Å²) in [6, 6.07) is 4.01. The molecule has 0 fully saturated rings. The van der Waals surface area contributed by atoms with Crippen LogP contribution in [-0.4, -0.2) is 16.8 Å². The molecule has 8 heteroatoms. The van der Waals surface area contributed by atoms with Crippen LogP contribution < -0.4 is 11.1 Å². The summed E-state index contributed by atoms with van der Waals surface area (Å²) < 4.78 is 39.2. The molecule has 0 saturated carbocycles. The second-order valence-corrected chi connectivity index (χ2v) is 3.97. The van der Waals surface area contributed by atoms with E-state index in [0.29, 0.717) is 6.07 Å². The summed E-state index contributed by atoms with van der Waals surface area (Å²) in [6.45, 7) is 0. The number of benzene rings is 1. The molecule has 108 valence electrons. The van der Waals surface area contributed by atoms with E-state index in [1.807, 2.05) is 0 Å². The van der Waals surface area contributed by atoms with Gasteiger partial charge in [0.25, 0.3) is 11.8 Å². The van der Waals surface area contributed by atoms with Gasteiger partial charge in [0.15, 0.2) is 17.5 Å². The van der Waals surface area contributed by atoms with Crippen LogP contribution in [0.1, 0.15) is 20.8 Å². The van der Waals surface area contributed by atoms with Gasteiger partial charge in [-0.25, -0.2) is 13.2 Å². The second-order valence-electron chi connectivity index (χ2n) is 3.97. The van der Waals surface area contributed by atoms with Crippen molar-refractivity contribution in [2.45, 2.75) is 0 Å². The van der Waals surface area contributed by atoms with Crippen molar-refractivity contribution in [3.05, 3.63) is 59.2 Å². The number of rotatable bonds is 3. The predicted octanol–water partition coefficient (Wildman–Crippen LogP) is 1.85. The Morgan fingerprint density at radius 1 is 1.05 bits per heavy atom. The normalized spacial score (nSPS) is 10.2. The summed E-state index contributed by atoms with van der Waals surface area (Å²) >= 11 is 0. The molecule has 0 aliphatic heterocycles. The molecule has 3 N–H and O–H groups in total. The maximum absolute atomic E-state index is 13.4. The van der Waals surface area contributed by atoms with Gasteiger partial charge in [0, 0.05) is 6.20 Å². The minimum atomic E-state index is -1.69. The summed E-state index contributed by atoms with van der Waals surface area (Å²) in [5, 5.41) is 2.07. The summed E-state index contributed by atoms with van der Waals surface area (Å²) in [4.78, 5) is 26.2. The first-order chi connectivity index (χ1) is 9.90. The van der Waals surface area contributed by atoms with E-state index in [0.717, 1.165) is 12.3 Å². The molecule has 1 aromatic heterocycles. The highest BCUT2D eigenvalue weighted by Gasteiger charge is 2.16. The Morgan fingerprint density at radius 2 is 1.76 bits per heavy atom. The molecule has 2 aromatic rings. The Labute approximate surface area is 116 Å². The van der Waals surface area contributed by atoms with Crippen LogP contribution in [0.3, 0.4) is 0 Å². The van der Waals surface area contributed by atoms with Crippen molar-refractivity contribution < 1.29 is 22.8 Å². The number of halogens is 3. The molecule has 0 radical (unpaired) electrons. The molecular weight excluding hydrogens is 287 g/mol. The molecule has 2 amide bonds. The van der Waals surface area contributed by atoms with E-state index in [1.54, 1.807) is 0 Å². The quantitative estimate of drug-likeness (QED) is 0.847. The van der Waals surface area contributed by atoms with Crippen LogP contribution in [-0.2, 0) is 0 Å². The average molecular weight is 295 g/mol. The second kappa shape index (κ2) is 5.61. The van der Waals surface area contributed by atoms with Crippen LogP contribution in [0.15, 0.2) is 30.5 Å². The number of primary amides is 1. The van der Waals surface area contributed by atoms with E-state index in [1.165, 1.54) is 12.1 Å². The molecule has 2 rings (SSSR count). The number of carbonyl (C=O) groups is 2. The largest absolute Gasteiger partial charge is 0.364 e. The highest BCUT2D eigenvalue weighted by Crippen LogP contribution is 2.20.